The second-order valence-electron chi connectivity index (χ2n) is 6.94. The number of aliphatic hydroxyl groups excluding tert-OH is 1. The third kappa shape index (κ3) is 3.62. The molecule has 1 saturated heterocycles. The van der Waals surface area contributed by atoms with Crippen LogP contribution < -0.4 is 14.4 Å². The zero-order valence-electron chi connectivity index (χ0n) is 17.3. The molecule has 1 unspecified atom stereocenters. The van der Waals surface area contributed by atoms with Crippen molar-refractivity contribution in [2.45, 2.75) is 6.04 Å². The first kappa shape index (κ1) is 21.6. The van der Waals surface area contributed by atoms with Crippen molar-refractivity contribution in [3.63, 3.8) is 0 Å². The molecule has 162 valence electrons. The number of ether oxygens (including phenoxy) is 2. The lowest BCUT2D eigenvalue weighted by Gasteiger charge is -2.26. The van der Waals surface area contributed by atoms with Gasteiger partial charge in [0, 0.05) is 11.8 Å². The van der Waals surface area contributed by atoms with Crippen molar-refractivity contribution in [1.82, 2.24) is 4.98 Å². The number of para-hydroxylation sites is 2. The van der Waals surface area contributed by atoms with Crippen molar-refractivity contribution >= 4 is 39.1 Å². The van der Waals surface area contributed by atoms with Gasteiger partial charge in [-0.3, -0.25) is 19.5 Å². The summed E-state index contributed by atoms with van der Waals surface area (Å²) in [5.74, 6) is -0.908. The lowest BCUT2D eigenvalue weighted by atomic mass is 9.98. The molecule has 1 aromatic heterocycles. The first-order valence-corrected chi connectivity index (χ1v) is 10.5. The number of methoxy groups -OCH3 is 2. The van der Waals surface area contributed by atoms with Crippen LogP contribution in [0, 0.1) is 0 Å². The van der Waals surface area contributed by atoms with E-state index in [4.69, 9.17) is 9.47 Å². The maximum atomic E-state index is 13.2. The molecule has 1 fully saturated rings. The molecule has 0 saturated carbocycles. The second-order valence-corrected chi connectivity index (χ2v) is 7.80. The van der Waals surface area contributed by atoms with Crippen LogP contribution in [-0.2, 0) is 9.59 Å². The highest BCUT2D eigenvalue weighted by atomic mass is 79.9. The van der Waals surface area contributed by atoms with Gasteiger partial charge in [-0.1, -0.05) is 18.2 Å². The van der Waals surface area contributed by atoms with Gasteiger partial charge in [0.05, 0.1) is 35.6 Å². The Labute approximate surface area is 193 Å². The van der Waals surface area contributed by atoms with Crippen LogP contribution in [0.4, 0.5) is 5.69 Å². The number of pyridine rings is 1. The van der Waals surface area contributed by atoms with E-state index in [-0.39, 0.29) is 11.3 Å². The van der Waals surface area contributed by atoms with E-state index in [0.717, 1.165) is 0 Å². The van der Waals surface area contributed by atoms with Gasteiger partial charge in [-0.2, -0.15) is 0 Å². The molecule has 1 atom stereocenters. The number of aliphatic hydroxyl groups is 1. The maximum absolute atomic E-state index is 13.2. The van der Waals surface area contributed by atoms with Crippen LogP contribution in [0.3, 0.4) is 0 Å². The largest absolute Gasteiger partial charge is 0.507 e. The molecule has 4 rings (SSSR count). The Bertz CT molecular complexity index is 1230. The highest BCUT2D eigenvalue weighted by Crippen LogP contribution is 2.44. The molecule has 1 aliphatic heterocycles. The Morgan fingerprint density at radius 1 is 1.00 bits per heavy atom. The number of amides is 1. The summed E-state index contributed by atoms with van der Waals surface area (Å²) < 4.78 is 11.3. The summed E-state index contributed by atoms with van der Waals surface area (Å²) in [4.78, 5) is 32.1. The highest BCUT2D eigenvalue weighted by Gasteiger charge is 2.48. The molecule has 2 heterocycles. The first-order valence-electron chi connectivity index (χ1n) is 9.66. The van der Waals surface area contributed by atoms with Crippen molar-refractivity contribution in [2.24, 2.45) is 0 Å². The van der Waals surface area contributed by atoms with Crippen LogP contribution in [0.2, 0.25) is 0 Å². The SMILES string of the molecule is COc1ccc(/C(O)=C2/C(=O)C(=O)N(c3ccccc3OC)C2c2ccccn2)cc1Br. The summed E-state index contributed by atoms with van der Waals surface area (Å²) in [6.07, 6.45) is 1.57. The number of Topliss-reactive ketones (excluding diaryl/α,β-unsaturated/α-hetero) is 1. The number of nitrogens with zero attached hydrogens (tertiary/aromatic N) is 2. The Balaban J connectivity index is 1.95. The second kappa shape index (κ2) is 8.84. The van der Waals surface area contributed by atoms with Gasteiger partial charge in [-0.15, -0.1) is 0 Å². The van der Waals surface area contributed by atoms with Gasteiger partial charge in [0.15, 0.2) is 0 Å². The van der Waals surface area contributed by atoms with Crippen LogP contribution in [0.25, 0.3) is 5.76 Å². The molecule has 32 heavy (non-hydrogen) atoms. The number of hydrogen-bond donors (Lipinski definition) is 1. The number of ketones is 1. The van der Waals surface area contributed by atoms with Crippen LogP contribution >= 0.6 is 15.9 Å². The molecule has 3 aromatic rings. The monoisotopic (exact) mass is 494 g/mol. The lowest BCUT2D eigenvalue weighted by Crippen LogP contribution is -2.30. The topological polar surface area (TPSA) is 89.0 Å². The summed E-state index contributed by atoms with van der Waals surface area (Å²) in [7, 11) is 3.01. The van der Waals surface area contributed by atoms with Gasteiger partial charge in [0.25, 0.3) is 11.7 Å². The predicted octanol–water partition coefficient (Wildman–Crippen LogP) is 4.49. The predicted molar refractivity (Wildman–Crippen MR) is 123 cm³/mol. The zero-order valence-corrected chi connectivity index (χ0v) is 18.9. The smallest absolute Gasteiger partial charge is 0.300 e. The van der Waals surface area contributed by atoms with E-state index in [0.29, 0.717) is 32.9 Å². The molecular formula is C24H19BrN2O5. The molecule has 1 amide bonds. The standard InChI is InChI=1S/C24H19BrN2O5/c1-31-18-11-10-14(13-15(18)25)22(28)20-21(16-7-5-6-12-26-16)27(24(30)23(20)29)17-8-3-4-9-19(17)32-2/h3-13,21,28H,1-2H3/b22-20-. The summed E-state index contributed by atoms with van der Waals surface area (Å²) in [5, 5.41) is 11.2. The minimum atomic E-state index is -0.937. The molecule has 2 aromatic carbocycles. The molecule has 1 aliphatic rings. The molecule has 0 spiro atoms. The Hall–Kier alpha value is -3.65. The number of carbonyl (C=O) groups is 2. The number of hydrogen-bond acceptors (Lipinski definition) is 6. The van der Waals surface area contributed by atoms with E-state index in [1.165, 1.54) is 19.1 Å². The third-order valence-electron chi connectivity index (χ3n) is 5.18. The zero-order chi connectivity index (χ0) is 22.8. The maximum Gasteiger partial charge on any atom is 0.300 e. The molecule has 8 heteroatoms. The van der Waals surface area contributed by atoms with Gasteiger partial charge < -0.3 is 14.6 Å². The highest BCUT2D eigenvalue weighted by molar-refractivity contribution is 9.10. The van der Waals surface area contributed by atoms with Crippen LogP contribution in [0.15, 0.2) is 76.9 Å². The van der Waals surface area contributed by atoms with Crippen molar-refractivity contribution in [3.05, 3.63) is 88.2 Å². The lowest BCUT2D eigenvalue weighted by molar-refractivity contribution is -0.132. The summed E-state index contributed by atoms with van der Waals surface area (Å²) in [6, 6.07) is 16.1. The van der Waals surface area contributed by atoms with E-state index < -0.39 is 17.7 Å². The summed E-state index contributed by atoms with van der Waals surface area (Å²) >= 11 is 3.39. The fourth-order valence-corrected chi connectivity index (χ4v) is 4.24. The first-order chi connectivity index (χ1) is 15.5. The number of aromatic nitrogens is 1. The molecule has 0 radical (unpaired) electrons. The Morgan fingerprint density at radius 2 is 1.72 bits per heavy atom. The number of anilines is 1. The fraction of sp³-hybridized carbons (Fsp3) is 0.125. The van der Waals surface area contributed by atoms with E-state index >= 15 is 0 Å². The van der Waals surface area contributed by atoms with Crippen LogP contribution in [0.5, 0.6) is 11.5 Å². The molecule has 0 aliphatic carbocycles. The summed E-state index contributed by atoms with van der Waals surface area (Å²) in [5.41, 5.74) is 1.14. The van der Waals surface area contributed by atoms with E-state index in [2.05, 4.69) is 20.9 Å². The van der Waals surface area contributed by atoms with Gasteiger partial charge >= 0.3 is 0 Å². The van der Waals surface area contributed by atoms with Gasteiger partial charge in [-0.05, 0) is 58.4 Å². The minimum Gasteiger partial charge on any atom is -0.507 e. The van der Waals surface area contributed by atoms with Crippen LogP contribution in [-0.4, -0.2) is 36.0 Å². The number of rotatable bonds is 5. The van der Waals surface area contributed by atoms with Crippen molar-refractivity contribution in [3.8, 4) is 11.5 Å². The number of halogens is 1. The molecule has 1 N–H and O–H groups in total. The summed E-state index contributed by atoms with van der Waals surface area (Å²) in [6.45, 7) is 0. The number of carbonyl (C=O) groups excluding carboxylic acids is 2. The van der Waals surface area contributed by atoms with E-state index in [1.807, 2.05) is 0 Å². The minimum absolute atomic E-state index is 0.0586. The molecular weight excluding hydrogens is 476 g/mol. The Morgan fingerprint density at radius 3 is 2.38 bits per heavy atom. The quantitative estimate of drug-likeness (QED) is 0.319. The van der Waals surface area contributed by atoms with Crippen molar-refractivity contribution in [2.75, 3.05) is 19.1 Å². The normalized spacial score (nSPS) is 17.5. The van der Waals surface area contributed by atoms with E-state index in [1.54, 1.807) is 66.9 Å². The average Bonchev–Trinajstić information content (AvgIpc) is 3.09. The van der Waals surface area contributed by atoms with Crippen LogP contribution in [0.1, 0.15) is 17.3 Å². The van der Waals surface area contributed by atoms with Gasteiger partial charge in [0.1, 0.15) is 23.3 Å². The van der Waals surface area contributed by atoms with Gasteiger partial charge in [-0.25, -0.2) is 0 Å². The fourth-order valence-electron chi connectivity index (χ4n) is 3.70. The molecule has 7 nitrogen and oxygen atoms in total. The number of benzene rings is 2. The van der Waals surface area contributed by atoms with Gasteiger partial charge in [0.2, 0.25) is 0 Å². The average molecular weight is 495 g/mol. The van der Waals surface area contributed by atoms with E-state index in [9.17, 15) is 14.7 Å². The van der Waals surface area contributed by atoms with Crippen molar-refractivity contribution < 1.29 is 24.2 Å². The molecule has 0 bridgehead atoms. The Kier molecular flexibility index (Phi) is 5.96. The van der Waals surface area contributed by atoms with Crippen molar-refractivity contribution in [1.29, 1.82) is 0 Å². The third-order valence-corrected chi connectivity index (χ3v) is 5.80.